The van der Waals surface area contributed by atoms with Gasteiger partial charge in [0.05, 0.1) is 5.60 Å². The summed E-state index contributed by atoms with van der Waals surface area (Å²) in [5, 5.41) is 0. The zero-order valence-electron chi connectivity index (χ0n) is 11.8. The van der Waals surface area contributed by atoms with Gasteiger partial charge in [0.15, 0.2) is 0 Å². The van der Waals surface area contributed by atoms with Gasteiger partial charge in [-0.3, -0.25) is 0 Å². The molecule has 98 valence electrons. The fraction of sp³-hybridized carbons (Fsp3) is 1.00. The molecule has 0 aromatic carbocycles. The molecule has 0 spiro atoms. The standard InChI is InChI=1S/C12H28O3Si/c1-7-11-16(13-5,14-6)15-12(8-2,9-3)10-4/h7-11H2,1-6H3. The summed E-state index contributed by atoms with van der Waals surface area (Å²) in [6, 6.07) is 0.891. The van der Waals surface area contributed by atoms with E-state index in [4.69, 9.17) is 13.3 Å². The molecule has 0 N–H and O–H groups in total. The molecular weight excluding hydrogens is 220 g/mol. The predicted octanol–water partition coefficient (Wildman–Crippen LogP) is 3.61. The van der Waals surface area contributed by atoms with Gasteiger partial charge in [0.25, 0.3) is 0 Å². The van der Waals surface area contributed by atoms with Gasteiger partial charge in [-0.05, 0) is 19.3 Å². The van der Waals surface area contributed by atoms with Gasteiger partial charge in [-0.2, -0.15) is 0 Å². The summed E-state index contributed by atoms with van der Waals surface area (Å²) in [7, 11) is 0.969. The lowest BCUT2D eigenvalue weighted by Gasteiger charge is -2.39. The number of rotatable bonds is 9. The van der Waals surface area contributed by atoms with Crippen molar-refractivity contribution in [3.8, 4) is 0 Å². The maximum absolute atomic E-state index is 6.31. The molecule has 0 rings (SSSR count). The van der Waals surface area contributed by atoms with E-state index in [1.165, 1.54) is 0 Å². The van der Waals surface area contributed by atoms with Gasteiger partial charge in [0.1, 0.15) is 0 Å². The van der Waals surface area contributed by atoms with Crippen LogP contribution in [0.25, 0.3) is 0 Å². The molecule has 0 aromatic heterocycles. The average Bonchev–Trinajstić information content (AvgIpc) is 2.35. The third-order valence-corrected chi connectivity index (χ3v) is 6.58. The minimum absolute atomic E-state index is 0.0760. The molecule has 0 saturated heterocycles. The van der Waals surface area contributed by atoms with E-state index >= 15 is 0 Å². The largest absolute Gasteiger partial charge is 0.500 e. The maximum atomic E-state index is 6.31. The summed E-state index contributed by atoms with van der Waals surface area (Å²) in [5.41, 5.74) is -0.0760. The Labute approximate surface area is 102 Å². The van der Waals surface area contributed by atoms with E-state index in [-0.39, 0.29) is 5.60 Å². The van der Waals surface area contributed by atoms with E-state index in [9.17, 15) is 0 Å². The van der Waals surface area contributed by atoms with Crippen LogP contribution in [0, 0.1) is 0 Å². The highest BCUT2D eigenvalue weighted by molar-refractivity contribution is 6.60. The Balaban J connectivity index is 4.81. The van der Waals surface area contributed by atoms with Crippen LogP contribution in [0.3, 0.4) is 0 Å². The van der Waals surface area contributed by atoms with Crippen molar-refractivity contribution >= 4 is 8.80 Å². The van der Waals surface area contributed by atoms with E-state index in [2.05, 4.69) is 27.7 Å². The van der Waals surface area contributed by atoms with Gasteiger partial charge in [-0.25, -0.2) is 0 Å². The smallest absolute Gasteiger partial charge is 0.377 e. The molecule has 16 heavy (non-hydrogen) atoms. The molecule has 0 unspecified atom stereocenters. The summed E-state index contributed by atoms with van der Waals surface area (Å²) in [4.78, 5) is 0. The van der Waals surface area contributed by atoms with Crippen LogP contribution >= 0.6 is 0 Å². The summed E-state index contributed by atoms with van der Waals surface area (Å²) >= 11 is 0. The van der Waals surface area contributed by atoms with Crippen molar-refractivity contribution in [1.29, 1.82) is 0 Å². The molecular formula is C12H28O3Si. The Bertz CT molecular complexity index is 169. The molecule has 4 heteroatoms. The highest BCUT2D eigenvalue weighted by Crippen LogP contribution is 2.31. The van der Waals surface area contributed by atoms with Crippen molar-refractivity contribution < 1.29 is 13.3 Å². The lowest BCUT2D eigenvalue weighted by atomic mass is 9.95. The molecule has 0 radical (unpaired) electrons. The van der Waals surface area contributed by atoms with Crippen LogP contribution in [0.15, 0.2) is 0 Å². The van der Waals surface area contributed by atoms with Crippen molar-refractivity contribution in [3.63, 3.8) is 0 Å². The lowest BCUT2D eigenvalue weighted by Crippen LogP contribution is -2.51. The van der Waals surface area contributed by atoms with Gasteiger partial charge < -0.3 is 13.3 Å². The molecule has 0 aliphatic heterocycles. The highest BCUT2D eigenvalue weighted by atomic mass is 28.4. The Morgan fingerprint density at radius 2 is 1.31 bits per heavy atom. The van der Waals surface area contributed by atoms with Crippen LogP contribution in [0.4, 0.5) is 0 Å². The van der Waals surface area contributed by atoms with Gasteiger partial charge >= 0.3 is 8.80 Å². The quantitative estimate of drug-likeness (QED) is 0.583. The maximum Gasteiger partial charge on any atom is 0.500 e. The number of hydrogen-bond acceptors (Lipinski definition) is 3. The van der Waals surface area contributed by atoms with E-state index in [0.717, 1.165) is 31.7 Å². The number of hydrogen-bond donors (Lipinski definition) is 0. The van der Waals surface area contributed by atoms with Crippen LogP contribution in [0.5, 0.6) is 0 Å². The fourth-order valence-electron chi connectivity index (χ4n) is 2.02. The van der Waals surface area contributed by atoms with Crippen LogP contribution in [0.2, 0.25) is 6.04 Å². The Kier molecular flexibility index (Phi) is 7.47. The lowest BCUT2D eigenvalue weighted by molar-refractivity contribution is -0.0257. The van der Waals surface area contributed by atoms with E-state index < -0.39 is 8.80 Å². The van der Waals surface area contributed by atoms with Crippen molar-refractivity contribution in [2.75, 3.05) is 14.2 Å². The molecule has 0 fully saturated rings. The summed E-state index contributed by atoms with van der Waals surface area (Å²) in [6.45, 7) is 8.64. The molecule has 0 saturated carbocycles. The fourth-order valence-corrected chi connectivity index (χ4v) is 4.57. The summed E-state index contributed by atoms with van der Waals surface area (Å²) in [5.74, 6) is 0. The van der Waals surface area contributed by atoms with Crippen molar-refractivity contribution in [1.82, 2.24) is 0 Å². The normalized spacial score (nSPS) is 13.1. The predicted molar refractivity (Wildman–Crippen MR) is 69.6 cm³/mol. The van der Waals surface area contributed by atoms with Crippen LogP contribution in [-0.4, -0.2) is 28.6 Å². The first-order chi connectivity index (χ1) is 7.57. The zero-order valence-corrected chi connectivity index (χ0v) is 12.8. The Morgan fingerprint density at radius 1 is 0.875 bits per heavy atom. The van der Waals surface area contributed by atoms with Gasteiger partial charge in [0, 0.05) is 20.3 Å². The second-order valence-corrected chi connectivity index (χ2v) is 7.07. The SMILES string of the molecule is CCC[Si](OC)(OC)OC(CC)(CC)CC. The van der Waals surface area contributed by atoms with E-state index in [1.807, 2.05) is 0 Å². The van der Waals surface area contributed by atoms with E-state index in [1.54, 1.807) is 14.2 Å². The topological polar surface area (TPSA) is 27.7 Å². The summed E-state index contributed by atoms with van der Waals surface area (Å²) in [6.07, 6.45) is 4.04. The van der Waals surface area contributed by atoms with E-state index in [0.29, 0.717) is 0 Å². The minimum Gasteiger partial charge on any atom is -0.377 e. The molecule has 3 nitrogen and oxygen atoms in total. The molecule has 0 aliphatic carbocycles. The first-order valence-corrected chi connectivity index (χ1v) is 8.31. The third-order valence-electron chi connectivity index (χ3n) is 3.48. The van der Waals surface area contributed by atoms with Gasteiger partial charge in [0.2, 0.25) is 0 Å². The first kappa shape index (κ1) is 16.1. The summed E-state index contributed by atoms with van der Waals surface area (Å²) < 4.78 is 17.5. The third kappa shape index (κ3) is 3.84. The molecule has 0 heterocycles. The van der Waals surface area contributed by atoms with Crippen molar-refractivity contribution in [2.45, 2.75) is 65.0 Å². The van der Waals surface area contributed by atoms with Gasteiger partial charge in [-0.1, -0.05) is 34.1 Å². The first-order valence-electron chi connectivity index (χ1n) is 6.38. The van der Waals surface area contributed by atoms with Crippen LogP contribution in [0.1, 0.15) is 53.4 Å². The molecule has 0 bridgehead atoms. The average molecular weight is 248 g/mol. The molecule has 0 aliphatic rings. The second kappa shape index (κ2) is 7.43. The minimum atomic E-state index is -2.44. The zero-order chi connectivity index (χ0) is 12.7. The van der Waals surface area contributed by atoms with Crippen LogP contribution in [-0.2, 0) is 13.3 Å². The molecule has 0 atom stereocenters. The van der Waals surface area contributed by atoms with Crippen molar-refractivity contribution in [2.24, 2.45) is 0 Å². The Morgan fingerprint density at radius 3 is 1.56 bits per heavy atom. The van der Waals surface area contributed by atoms with Crippen LogP contribution < -0.4 is 0 Å². The van der Waals surface area contributed by atoms with Gasteiger partial charge in [-0.15, -0.1) is 0 Å². The Hall–Kier alpha value is 0.0969. The molecule has 0 aromatic rings. The second-order valence-electron chi connectivity index (χ2n) is 4.19. The molecule has 0 amide bonds. The van der Waals surface area contributed by atoms with Crippen molar-refractivity contribution in [3.05, 3.63) is 0 Å². The highest BCUT2D eigenvalue weighted by Gasteiger charge is 2.44. The monoisotopic (exact) mass is 248 g/mol.